The molecule has 3 aromatic rings. The zero-order valence-corrected chi connectivity index (χ0v) is 19.0. The quantitative estimate of drug-likeness (QED) is 0.301. The number of aromatic nitrogens is 3. The molecule has 2 aromatic heterocycles. The van der Waals surface area contributed by atoms with Gasteiger partial charge in [0.25, 0.3) is 0 Å². The molecule has 8 heteroatoms. The summed E-state index contributed by atoms with van der Waals surface area (Å²) in [5, 5.41) is 7.38. The first kappa shape index (κ1) is 22.2. The molecule has 0 atom stereocenters. The Morgan fingerprint density at radius 1 is 1.07 bits per heavy atom. The van der Waals surface area contributed by atoms with E-state index < -0.39 is 0 Å². The maximum atomic E-state index is 5.91. The molecule has 3 rings (SSSR count). The van der Waals surface area contributed by atoms with Crippen molar-refractivity contribution in [3.8, 4) is 5.82 Å². The molecular formula is C20H24ClIN6. The minimum Gasteiger partial charge on any atom is -0.356 e. The fraction of sp³-hybridized carbons (Fsp3) is 0.250. The maximum absolute atomic E-state index is 5.91. The van der Waals surface area contributed by atoms with Crippen LogP contribution in [0.4, 0.5) is 0 Å². The largest absolute Gasteiger partial charge is 0.356 e. The van der Waals surface area contributed by atoms with Gasteiger partial charge in [-0.05, 0) is 42.7 Å². The van der Waals surface area contributed by atoms with E-state index in [-0.39, 0.29) is 24.0 Å². The minimum atomic E-state index is 0. The SMILES string of the molecule is CN=C(NCCc1ccc(Cl)cc1)NCc1ccc(-n2ccnc2C)nc1.I. The second-order valence-electron chi connectivity index (χ2n) is 6.10. The molecule has 0 aliphatic heterocycles. The van der Waals surface area contributed by atoms with Gasteiger partial charge in [0.2, 0.25) is 0 Å². The number of hydrogen-bond acceptors (Lipinski definition) is 3. The number of imidazole rings is 1. The van der Waals surface area contributed by atoms with Crippen molar-refractivity contribution >= 4 is 41.5 Å². The van der Waals surface area contributed by atoms with Gasteiger partial charge in [-0.3, -0.25) is 9.56 Å². The summed E-state index contributed by atoms with van der Waals surface area (Å²) >= 11 is 5.91. The van der Waals surface area contributed by atoms with E-state index in [2.05, 4.69) is 31.7 Å². The number of benzene rings is 1. The van der Waals surface area contributed by atoms with Crippen molar-refractivity contribution in [2.45, 2.75) is 19.9 Å². The number of guanidine groups is 1. The normalized spacial score (nSPS) is 11.0. The van der Waals surface area contributed by atoms with Crippen LogP contribution in [0, 0.1) is 6.92 Å². The average Bonchev–Trinajstić information content (AvgIpc) is 3.12. The summed E-state index contributed by atoms with van der Waals surface area (Å²) in [5.74, 6) is 2.54. The van der Waals surface area contributed by atoms with Gasteiger partial charge in [-0.15, -0.1) is 24.0 Å². The Kier molecular flexibility index (Phi) is 8.72. The maximum Gasteiger partial charge on any atom is 0.191 e. The number of halogens is 2. The Hall–Kier alpha value is -2.13. The van der Waals surface area contributed by atoms with Crippen molar-refractivity contribution in [2.75, 3.05) is 13.6 Å². The van der Waals surface area contributed by atoms with E-state index in [9.17, 15) is 0 Å². The molecule has 28 heavy (non-hydrogen) atoms. The third-order valence-electron chi connectivity index (χ3n) is 4.18. The van der Waals surface area contributed by atoms with Crippen molar-refractivity contribution in [2.24, 2.45) is 4.99 Å². The van der Waals surface area contributed by atoms with Crippen LogP contribution in [-0.4, -0.2) is 34.1 Å². The van der Waals surface area contributed by atoms with Crippen LogP contribution in [0.3, 0.4) is 0 Å². The molecule has 148 valence electrons. The molecule has 1 aromatic carbocycles. The van der Waals surface area contributed by atoms with Crippen LogP contribution in [0.5, 0.6) is 0 Å². The second kappa shape index (κ2) is 11.0. The highest BCUT2D eigenvalue weighted by atomic mass is 127. The fourth-order valence-corrected chi connectivity index (χ4v) is 2.79. The Labute approximate surface area is 187 Å². The monoisotopic (exact) mass is 510 g/mol. The van der Waals surface area contributed by atoms with Crippen molar-refractivity contribution < 1.29 is 0 Å². The van der Waals surface area contributed by atoms with E-state index in [0.29, 0.717) is 6.54 Å². The number of hydrogen-bond donors (Lipinski definition) is 2. The van der Waals surface area contributed by atoms with Crippen LogP contribution in [-0.2, 0) is 13.0 Å². The van der Waals surface area contributed by atoms with Gasteiger partial charge in [-0.1, -0.05) is 29.8 Å². The van der Waals surface area contributed by atoms with E-state index >= 15 is 0 Å². The van der Waals surface area contributed by atoms with Gasteiger partial charge < -0.3 is 10.6 Å². The summed E-state index contributed by atoms with van der Waals surface area (Å²) < 4.78 is 1.95. The first-order valence-corrected chi connectivity index (χ1v) is 9.18. The Bertz CT molecular complexity index is 890. The number of aliphatic imine (C=N–C) groups is 1. The number of nitrogens with zero attached hydrogens (tertiary/aromatic N) is 4. The van der Waals surface area contributed by atoms with Crippen LogP contribution in [0.2, 0.25) is 5.02 Å². The van der Waals surface area contributed by atoms with Gasteiger partial charge >= 0.3 is 0 Å². The van der Waals surface area contributed by atoms with E-state index in [0.717, 1.165) is 41.2 Å². The van der Waals surface area contributed by atoms with Crippen molar-refractivity contribution in [1.29, 1.82) is 0 Å². The van der Waals surface area contributed by atoms with Crippen LogP contribution in [0.15, 0.2) is 60.0 Å². The molecule has 6 nitrogen and oxygen atoms in total. The van der Waals surface area contributed by atoms with Gasteiger partial charge in [-0.2, -0.15) is 0 Å². The third kappa shape index (κ3) is 6.20. The lowest BCUT2D eigenvalue weighted by Gasteiger charge is -2.12. The lowest BCUT2D eigenvalue weighted by molar-refractivity contribution is 0.792. The smallest absolute Gasteiger partial charge is 0.191 e. The standard InChI is InChI=1S/C20H23ClN6.HI/c1-15-23-11-12-27(15)19-8-5-17(13-25-19)14-26-20(22-2)24-10-9-16-3-6-18(21)7-4-16;/h3-8,11-13H,9-10,14H2,1-2H3,(H2,22,24,26);1H. The van der Waals surface area contributed by atoms with E-state index in [1.165, 1.54) is 5.56 Å². The molecule has 2 N–H and O–H groups in total. The molecule has 0 aliphatic rings. The topological polar surface area (TPSA) is 67.1 Å². The van der Waals surface area contributed by atoms with E-state index in [4.69, 9.17) is 11.6 Å². The van der Waals surface area contributed by atoms with Crippen LogP contribution >= 0.6 is 35.6 Å². The summed E-state index contributed by atoms with van der Waals surface area (Å²) in [6, 6.07) is 11.9. The highest BCUT2D eigenvalue weighted by molar-refractivity contribution is 14.0. The number of nitrogens with one attached hydrogen (secondary N) is 2. The molecule has 0 saturated carbocycles. The Balaban J connectivity index is 0.00000280. The predicted molar refractivity (Wildman–Crippen MR) is 125 cm³/mol. The second-order valence-corrected chi connectivity index (χ2v) is 6.53. The highest BCUT2D eigenvalue weighted by Crippen LogP contribution is 2.10. The number of pyridine rings is 1. The number of aryl methyl sites for hydroxylation is 1. The third-order valence-corrected chi connectivity index (χ3v) is 4.44. The Morgan fingerprint density at radius 3 is 2.43 bits per heavy atom. The summed E-state index contributed by atoms with van der Waals surface area (Å²) in [7, 11) is 1.76. The summed E-state index contributed by atoms with van der Waals surface area (Å²) in [4.78, 5) is 13.0. The lowest BCUT2D eigenvalue weighted by atomic mass is 10.1. The number of rotatable bonds is 6. The fourth-order valence-electron chi connectivity index (χ4n) is 2.67. The highest BCUT2D eigenvalue weighted by Gasteiger charge is 2.03. The van der Waals surface area contributed by atoms with E-state index in [1.807, 2.05) is 54.2 Å². The van der Waals surface area contributed by atoms with Crippen LogP contribution in [0.25, 0.3) is 5.82 Å². The molecule has 0 unspecified atom stereocenters. The molecule has 0 fully saturated rings. The van der Waals surface area contributed by atoms with Crippen molar-refractivity contribution in [3.05, 3.63) is 77.0 Å². The van der Waals surface area contributed by atoms with Crippen LogP contribution in [0.1, 0.15) is 17.0 Å². The summed E-state index contributed by atoms with van der Waals surface area (Å²) in [6.45, 7) is 3.39. The molecule has 0 spiro atoms. The van der Waals surface area contributed by atoms with Gasteiger partial charge in [0, 0.05) is 43.8 Å². The Morgan fingerprint density at radius 2 is 1.82 bits per heavy atom. The molecule has 0 amide bonds. The first-order chi connectivity index (χ1) is 13.2. The minimum absolute atomic E-state index is 0. The zero-order valence-electron chi connectivity index (χ0n) is 15.9. The molecule has 2 heterocycles. The molecule has 0 bridgehead atoms. The lowest BCUT2D eigenvalue weighted by Crippen LogP contribution is -2.37. The molecular weight excluding hydrogens is 487 g/mol. The molecule has 0 radical (unpaired) electrons. The first-order valence-electron chi connectivity index (χ1n) is 8.80. The van der Waals surface area contributed by atoms with Crippen LogP contribution < -0.4 is 10.6 Å². The molecule has 0 aliphatic carbocycles. The van der Waals surface area contributed by atoms with E-state index in [1.54, 1.807) is 13.2 Å². The summed E-state index contributed by atoms with van der Waals surface area (Å²) in [5.41, 5.74) is 2.31. The van der Waals surface area contributed by atoms with Gasteiger partial charge in [0.05, 0.1) is 0 Å². The van der Waals surface area contributed by atoms with Gasteiger partial charge in [0.1, 0.15) is 11.6 Å². The van der Waals surface area contributed by atoms with Gasteiger partial charge in [0.15, 0.2) is 5.96 Å². The van der Waals surface area contributed by atoms with Crippen molar-refractivity contribution in [3.63, 3.8) is 0 Å². The van der Waals surface area contributed by atoms with Gasteiger partial charge in [-0.25, -0.2) is 9.97 Å². The average molecular weight is 511 g/mol. The summed E-state index contributed by atoms with van der Waals surface area (Å²) in [6.07, 6.45) is 6.44. The molecule has 0 saturated heterocycles. The van der Waals surface area contributed by atoms with Crippen molar-refractivity contribution in [1.82, 2.24) is 25.2 Å². The predicted octanol–water partition coefficient (Wildman–Crippen LogP) is 3.75. The zero-order chi connectivity index (χ0) is 19.1.